The minimum absolute atomic E-state index is 0.00736. The molecular weight excluding hydrogens is 616 g/mol. The third kappa shape index (κ3) is 15.8. The van der Waals surface area contributed by atoms with E-state index < -0.39 is 68.5 Å². The maximum absolute atomic E-state index is 11.5. The second-order valence-electron chi connectivity index (χ2n) is 11.3. The van der Waals surface area contributed by atoms with E-state index in [1.165, 1.54) is 6.92 Å². The van der Waals surface area contributed by atoms with E-state index in [-0.39, 0.29) is 38.1 Å². The Labute approximate surface area is 270 Å². The first kappa shape index (κ1) is 41.0. The van der Waals surface area contributed by atoms with Crippen molar-refractivity contribution in [2.75, 3.05) is 92.4 Å². The molecule has 0 aliphatic carbocycles. The van der Waals surface area contributed by atoms with Crippen LogP contribution in [0.4, 0.5) is 0 Å². The van der Waals surface area contributed by atoms with Crippen LogP contribution in [0.15, 0.2) is 0 Å². The van der Waals surface area contributed by atoms with Gasteiger partial charge in [0.05, 0.1) is 97.5 Å². The number of ether oxygens (including phenoxy) is 8. The number of carbonyl (C=O) groups is 1. The van der Waals surface area contributed by atoms with E-state index >= 15 is 0 Å². The average molecular weight is 673 g/mol. The van der Waals surface area contributed by atoms with Crippen LogP contribution in [0.3, 0.4) is 0 Å². The molecule has 1 amide bonds. The highest BCUT2D eigenvalue weighted by atomic mass is 16.7. The highest BCUT2D eigenvalue weighted by Crippen LogP contribution is 2.25. The molecule has 10 atom stereocenters. The summed E-state index contributed by atoms with van der Waals surface area (Å²) in [6.45, 7) is 7.03. The standard InChI is InChI=1S/C29H56N2O15/c1-19-15-22(35)26(37)24(17-32)45-28(19)43-13-11-41-9-7-39-5-3-30-4-6-40-8-10-42-12-14-44-29-21(31-20(2)34)16-23(36)27(38)25(18-33)46-29/h19,21-30,32-33,35-38H,3-18H2,1-2H3,(H,31,34)/t19?,21?,22?,23?,24?,25?,26-,27-,28-,29-/m1/s1. The number of carbonyl (C=O) groups excluding carboxylic acids is 1. The van der Waals surface area contributed by atoms with E-state index in [1.54, 1.807) is 0 Å². The Morgan fingerprint density at radius 1 is 0.674 bits per heavy atom. The van der Waals surface area contributed by atoms with Crippen molar-refractivity contribution in [3.8, 4) is 0 Å². The maximum atomic E-state index is 11.5. The Morgan fingerprint density at radius 2 is 1.11 bits per heavy atom. The molecular formula is C29H56N2O15. The van der Waals surface area contributed by atoms with Gasteiger partial charge in [-0.25, -0.2) is 0 Å². The molecule has 17 nitrogen and oxygen atoms in total. The molecule has 0 radical (unpaired) electrons. The van der Waals surface area contributed by atoms with Crippen LogP contribution in [0, 0.1) is 5.92 Å². The summed E-state index contributed by atoms with van der Waals surface area (Å²) in [5, 5.41) is 64.9. The van der Waals surface area contributed by atoms with E-state index in [1.807, 2.05) is 6.92 Å². The van der Waals surface area contributed by atoms with Crippen molar-refractivity contribution in [2.45, 2.75) is 81.9 Å². The van der Waals surface area contributed by atoms with Gasteiger partial charge in [-0.2, -0.15) is 0 Å². The molecule has 8 N–H and O–H groups in total. The van der Waals surface area contributed by atoms with Gasteiger partial charge in [-0.05, 0) is 6.42 Å². The van der Waals surface area contributed by atoms with E-state index in [0.717, 1.165) is 0 Å². The topological polar surface area (TPSA) is 236 Å². The van der Waals surface area contributed by atoms with Crippen LogP contribution in [-0.4, -0.2) is 184 Å². The minimum Gasteiger partial charge on any atom is -0.394 e. The SMILES string of the molecule is CC(=O)NC1CC(O)[C@@H](O)C(CO)O[C@H]1OCCOCCOCCNCCOCCOCCO[C@@H]1OC(CO)[C@H](O)C(O)CC1C. The summed E-state index contributed by atoms with van der Waals surface area (Å²) in [4.78, 5) is 11.5. The van der Waals surface area contributed by atoms with Crippen LogP contribution in [0.5, 0.6) is 0 Å². The zero-order valence-electron chi connectivity index (χ0n) is 26.9. The molecule has 0 spiro atoms. The second-order valence-corrected chi connectivity index (χ2v) is 11.3. The molecule has 0 aromatic heterocycles. The van der Waals surface area contributed by atoms with Crippen molar-refractivity contribution in [2.24, 2.45) is 5.92 Å². The quantitative estimate of drug-likeness (QED) is 0.0491. The number of amides is 1. The van der Waals surface area contributed by atoms with Gasteiger partial charge in [0.15, 0.2) is 12.6 Å². The van der Waals surface area contributed by atoms with Crippen molar-refractivity contribution >= 4 is 5.91 Å². The molecule has 17 heteroatoms. The van der Waals surface area contributed by atoms with Gasteiger partial charge in [-0.15, -0.1) is 0 Å². The molecule has 0 bridgehead atoms. The van der Waals surface area contributed by atoms with E-state index in [9.17, 15) is 35.4 Å². The number of hydrogen-bond donors (Lipinski definition) is 8. The zero-order chi connectivity index (χ0) is 33.7. The molecule has 2 aliphatic rings. The number of rotatable bonds is 23. The second kappa shape index (κ2) is 24.1. The lowest BCUT2D eigenvalue weighted by Crippen LogP contribution is -2.46. The van der Waals surface area contributed by atoms with Gasteiger partial charge >= 0.3 is 0 Å². The highest BCUT2D eigenvalue weighted by molar-refractivity contribution is 5.73. The fraction of sp³-hybridized carbons (Fsp3) is 0.966. The van der Waals surface area contributed by atoms with Gasteiger partial charge in [-0.1, -0.05) is 6.92 Å². The first-order valence-corrected chi connectivity index (χ1v) is 15.9. The third-order valence-electron chi connectivity index (χ3n) is 7.43. The molecule has 2 fully saturated rings. The van der Waals surface area contributed by atoms with Gasteiger partial charge in [0.2, 0.25) is 5.91 Å². The van der Waals surface area contributed by atoms with Crippen molar-refractivity contribution < 1.29 is 73.3 Å². The van der Waals surface area contributed by atoms with Crippen LogP contribution in [0.25, 0.3) is 0 Å². The van der Waals surface area contributed by atoms with Crippen molar-refractivity contribution in [3.63, 3.8) is 0 Å². The monoisotopic (exact) mass is 672 g/mol. The predicted molar refractivity (Wildman–Crippen MR) is 160 cm³/mol. The Bertz CT molecular complexity index is 787. The summed E-state index contributed by atoms with van der Waals surface area (Å²) in [6, 6.07) is -0.702. The number of hydrogen-bond acceptors (Lipinski definition) is 16. The zero-order valence-corrected chi connectivity index (χ0v) is 26.9. The van der Waals surface area contributed by atoms with Gasteiger partial charge < -0.3 is 79.2 Å². The molecule has 272 valence electrons. The molecule has 6 unspecified atom stereocenters. The summed E-state index contributed by atoms with van der Waals surface area (Å²) in [7, 11) is 0. The molecule has 2 rings (SSSR count). The van der Waals surface area contributed by atoms with Gasteiger partial charge in [0, 0.05) is 32.4 Å². The fourth-order valence-electron chi connectivity index (χ4n) is 4.93. The molecule has 0 aromatic rings. The lowest BCUT2D eigenvalue weighted by Gasteiger charge is -2.27. The van der Waals surface area contributed by atoms with Crippen LogP contribution < -0.4 is 10.6 Å². The maximum Gasteiger partial charge on any atom is 0.217 e. The molecule has 2 saturated heterocycles. The molecule has 2 heterocycles. The molecule has 0 saturated carbocycles. The van der Waals surface area contributed by atoms with Gasteiger partial charge in [-0.3, -0.25) is 4.79 Å². The summed E-state index contributed by atoms with van der Waals surface area (Å²) in [6.07, 6.45) is -7.89. The third-order valence-corrected chi connectivity index (χ3v) is 7.43. The minimum atomic E-state index is -1.31. The first-order chi connectivity index (χ1) is 22.2. The lowest BCUT2D eigenvalue weighted by molar-refractivity contribution is -0.214. The Morgan fingerprint density at radius 3 is 1.61 bits per heavy atom. The van der Waals surface area contributed by atoms with Crippen LogP contribution in [0.1, 0.15) is 26.7 Å². The summed E-state index contributed by atoms with van der Waals surface area (Å²) < 4.78 is 44.6. The number of aliphatic hydroxyl groups is 6. The predicted octanol–water partition coefficient (Wildman–Crippen LogP) is -3.53. The highest BCUT2D eigenvalue weighted by Gasteiger charge is 2.40. The summed E-state index contributed by atoms with van der Waals surface area (Å²) in [5.41, 5.74) is 0. The molecule has 0 aromatic carbocycles. The summed E-state index contributed by atoms with van der Waals surface area (Å²) >= 11 is 0. The van der Waals surface area contributed by atoms with Crippen LogP contribution in [0.2, 0.25) is 0 Å². The van der Waals surface area contributed by atoms with Crippen LogP contribution >= 0.6 is 0 Å². The number of aliphatic hydroxyl groups excluding tert-OH is 6. The fourth-order valence-corrected chi connectivity index (χ4v) is 4.93. The van der Waals surface area contributed by atoms with Crippen LogP contribution in [-0.2, 0) is 42.7 Å². The lowest BCUT2D eigenvalue weighted by atomic mass is 9.99. The van der Waals surface area contributed by atoms with Gasteiger partial charge in [0.25, 0.3) is 0 Å². The van der Waals surface area contributed by atoms with E-state index in [4.69, 9.17) is 37.9 Å². The first-order valence-electron chi connectivity index (χ1n) is 15.9. The Hall–Kier alpha value is -1.13. The Kier molecular flexibility index (Phi) is 21.5. The van der Waals surface area contributed by atoms with E-state index in [0.29, 0.717) is 65.8 Å². The average Bonchev–Trinajstić information content (AvgIpc) is 3.20. The Balaban J connectivity index is 1.39. The normalized spacial score (nSPS) is 32.2. The van der Waals surface area contributed by atoms with Gasteiger partial charge in [0.1, 0.15) is 24.4 Å². The van der Waals surface area contributed by atoms with Crippen molar-refractivity contribution in [1.29, 1.82) is 0 Å². The summed E-state index contributed by atoms with van der Waals surface area (Å²) in [5.74, 6) is -0.495. The smallest absolute Gasteiger partial charge is 0.217 e. The van der Waals surface area contributed by atoms with Crippen molar-refractivity contribution in [1.82, 2.24) is 10.6 Å². The largest absolute Gasteiger partial charge is 0.394 e. The molecule has 46 heavy (non-hydrogen) atoms. The van der Waals surface area contributed by atoms with E-state index in [2.05, 4.69) is 10.6 Å². The number of nitrogens with one attached hydrogen (secondary N) is 2. The van der Waals surface area contributed by atoms with Crippen molar-refractivity contribution in [3.05, 3.63) is 0 Å². The molecule has 2 aliphatic heterocycles.